The fraction of sp³-hybridized carbons (Fsp3) is 0.632. The van der Waals surface area contributed by atoms with Crippen LogP contribution in [0.2, 0.25) is 0 Å². The summed E-state index contributed by atoms with van der Waals surface area (Å²) in [4.78, 5) is 50.8. The molecule has 2 heterocycles. The van der Waals surface area contributed by atoms with Crippen LogP contribution >= 0.6 is 0 Å². The summed E-state index contributed by atoms with van der Waals surface area (Å²) in [7, 11) is 0. The smallest absolute Gasteiger partial charge is 0.412 e. The Morgan fingerprint density at radius 2 is 1.87 bits per heavy atom. The second kappa shape index (κ2) is 10.3. The number of rotatable bonds is 7. The minimum Gasteiger partial charge on any atom is -0.456 e. The van der Waals surface area contributed by atoms with Gasteiger partial charge in [0, 0.05) is 13.8 Å². The lowest BCUT2D eigenvalue weighted by Crippen LogP contribution is -2.40. The summed E-state index contributed by atoms with van der Waals surface area (Å²) in [6.07, 6.45) is -3.71. The molecule has 1 aliphatic rings. The molecule has 0 radical (unpaired) electrons. The first-order valence-corrected chi connectivity index (χ1v) is 9.75. The summed E-state index contributed by atoms with van der Waals surface area (Å²) in [6.45, 7) is 7.76. The molecule has 0 bridgehead atoms. The normalized spacial score (nSPS) is 23.7. The van der Waals surface area contributed by atoms with E-state index in [0.29, 0.717) is 0 Å². The summed E-state index contributed by atoms with van der Waals surface area (Å²) in [5.41, 5.74) is -0.989. The molecule has 1 N–H and O–H groups in total. The first-order chi connectivity index (χ1) is 14.5. The Labute approximate surface area is 177 Å². The average molecular weight is 443 g/mol. The standard InChI is InChI=1S/C19H26FN3O8/c1-6-9(2)8-28-19(27)22-16-13(20)7-23(18(26)21-16)17-15(31-12(5)25)14(10(3)29-17)30-11(4)24/h7,9-10,14-15,17H,6,8H2,1-5H3,(H,21,22,26,27)/t9?,10-,14-,15-,17-/m1/s1. The van der Waals surface area contributed by atoms with E-state index in [1.807, 2.05) is 13.8 Å². The highest BCUT2D eigenvalue weighted by atomic mass is 19.1. The number of aromatic nitrogens is 2. The molecule has 1 aromatic heterocycles. The number of nitrogens with zero attached hydrogens (tertiary/aromatic N) is 2. The first kappa shape index (κ1) is 24.3. The lowest BCUT2D eigenvalue weighted by Gasteiger charge is -2.23. The van der Waals surface area contributed by atoms with Crippen LogP contribution in [-0.4, -0.2) is 52.5 Å². The van der Waals surface area contributed by atoms with Gasteiger partial charge in [0.05, 0.1) is 18.9 Å². The van der Waals surface area contributed by atoms with Crippen molar-refractivity contribution < 1.29 is 37.7 Å². The van der Waals surface area contributed by atoms with E-state index in [4.69, 9.17) is 18.9 Å². The quantitative estimate of drug-likeness (QED) is 0.494. The molecule has 0 aromatic carbocycles. The number of anilines is 1. The zero-order valence-corrected chi connectivity index (χ0v) is 17.9. The van der Waals surface area contributed by atoms with Crippen molar-refractivity contribution in [1.29, 1.82) is 0 Å². The van der Waals surface area contributed by atoms with Gasteiger partial charge in [-0.05, 0) is 12.8 Å². The predicted molar refractivity (Wildman–Crippen MR) is 104 cm³/mol. The molecule has 5 atom stereocenters. The molecule has 0 aliphatic carbocycles. The Bertz CT molecular complexity index is 889. The largest absolute Gasteiger partial charge is 0.456 e. The van der Waals surface area contributed by atoms with Crippen molar-refractivity contribution in [1.82, 2.24) is 9.55 Å². The second-order valence-electron chi connectivity index (χ2n) is 7.24. The van der Waals surface area contributed by atoms with Gasteiger partial charge in [0.2, 0.25) is 0 Å². The van der Waals surface area contributed by atoms with Gasteiger partial charge in [0.25, 0.3) is 0 Å². The molecule has 1 aromatic rings. The lowest BCUT2D eigenvalue weighted by atomic mass is 10.1. The number of carbonyl (C=O) groups is 3. The molecular formula is C19H26FN3O8. The third-order valence-electron chi connectivity index (χ3n) is 4.62. The Morgan fingerprint density at radius 1 is 1.26 bits per heavy atom. The molecule has 0 spiro atoms. The molecule has 1 fully saturated rings. The number of halogens is 1. The Morgan fingerprint density at radius 3 is 2.45 bits per heavy atom. The van der Waals surface area contributed by atoms with Crippen molar-refractivity contribution >= 4 is 23.8 Å². The molecule has 31 heavy (non-hydrogen) atoms. The van der Waals surface area contributed by atoms with E-state index in [1.54, 1.807) is 6.92 Å². The van der Waals surface area contributed by atoms with Gasteiger partial charge < -0.3 is 18.9 Å². The van der Waals surface area contributed by atoms with Gasteiger partial charge in [-0.15, -0.1) is 0 Å². The highest BCUT2D eigenvalue weighted by molar-refractivity contribution is 5.83. The molecule has 2 rings (SSSR count). The molecule has 0 saturated carbocycles. The van der Waals surface area contributed by atoms with Crippen molar-refractivity contribution in [2.75, 3.05) is 11.9 Å². The Hall–Kier alpha value is -3.02. The molecule has 11 nitrogen and oxygen atoms in total. The predicted octanol–water partition coefficient (Wildman–Crippen LogP) is 1.76. The summed E-state index contributed by atoms with van der Waals surface area (Å²) in [6, 6.07) is 0. The highest BCUT2D eigenvalue weighted by Gasteiger charge is 2.48. The third-order valence-corrected chi connectivity index (χ3v) is 4.62. The van der Waals surface area contributed by atoms with Crippen LogP contribution in [0, 0.1) is 11.7 Å². The number of hydrogen-bond donors (Lipinski definition) is 1. The van der Waals surface area contributed by atoms with Gasteiger partial charge in [-0.3, -0.25) is 19.5 Å². The van der Waals surface area contributed by atoms with Gasteiger partial charge in [-0.25, -0.2) is 14.0 Å². The van der Waals surface area contributed by atoms with Crippen LogP contribution in [0.3, 0.4) is 0 Å². The van der Waals surface area contributed by atoms with E-state index in [2.05, 4.69) is 10.3 Å². The SMILES string of the molecule is CCC(C)COC(=O)Nc1nc(=O)n([C@@H]2O[C@H](C)[C@@H](OC(C)=O)[C@H]2OC(C)=O)cc1F. The minimum atomic E-state index is -1.30. The van der Waals surface area contributed by atoms with E-state index in [1.165, 1.54) is 6.92 Å². The number of carbonyl (C=O) groups excluding carboxylic acids is 3. The van der Waals surface area contributed by atoms with Crippen LogP contribution in [-0.2, 0) is 28.5 Å². The maximum absolute atomic E-state index is 14.6. The van der Waals surface area contributed by atoms with Crippen molar-refractivity contribution in [2.24, 2.45) is 5.92 Å². The van der Waals surface area contributed by atoms with Crippen LogP contribution in [0.1, 0.15) is 47.3 Å². The van der Waals surface area contributed by atoms with Gasteiger partial charge in [-0.2, -0.15) is 4.98 Å². The number of amides is 1. The second-order valence-corrected chi connectivity index (χ2v) is 7.24. The van der Waals surface area contributed by atoms with E-state index < -0.39 is 59.9 Å². The Kier molecular flexibility index (Phi) is 8.08. The van der Waals surface area contributed by atoms with Crippen LogP contribution in [0.25, 0.3) is 0 Å². The Balaban J connectivity index is 2.26. The van der Waals surface area contributed by atoms with E-state index in [0.717, 1.165) is 24.1 Å². The summed E-state index contributed by atoms with van der Waals surface area (Å²) in [5, 5.41) is 2.08. The zero-order chi connectivity index (χ0) is 23.3. The van der Waals surface area contributed by atoms with Crippen LogP contribution in [0.5, 0.6) is 0 Å². The van der Waals surface area contributed by atoms with Crippen LogP contribution < -0.4 is 11.0 Å². The topological polar surface area (TPSA) is 135 Å². The third kappa shape index (κ3) is 6.23. The molecule has 1 aliphatic heterocycles. The molecule has 172 valence electrons. The molecule has 1 amide bonds. The van der Waals surface area contributed by atoms with E-state index in [-0.39, 0.29) is 12.5 Å². The summed E-state index contributed by atoms with van der Waals surface area (Å²) < 4.78 is 36.2. The molecule has 12 heteroatoms. The lowest BCUT2D eigenvalue weighted by molar-refractivity contribution is -0.165. The molecule has 1 saturated heterocycles. The monoisotopic (exact) mass is 443 g/mol. The number of ether oxygens (including phenoxy) is 4. The summed E-state index contributed by atoms with van der Waals surface area (Å²) in [5.74, 6) is -2.92. The van der Waals surface area contributed by atoms with Gasteiger partial charge in [-0.1, -0.05) is 20.3 Å². The van der Waals surface area contributed by atoms with Gasteiger partial charge in [0.15, 0.2) is 30.1 Å². The highest BCUT2D eigenvalue weighted by Crippen LogP contribution is 2.33. The number of esters is 2. The van der Waals surface area contributed by atoms with Crippen LogP contribution in [0.4, 0.5) is 15.0 Å². The first-order valence-electron chi connectivity index (χ1n) is 9.75. The average Bonchev–Trinajstić information content (AvgIpc) is 2.96. The summed E-state index contributed by atoms with van der Waals surface area (Å²) >= 11 is 0. The fourth-order valence-electron chi connectivity index (χ4n) is 2.88. The molecule has 1 unspecified atom stereocenters. The minimum absolute atomic E-state index is 0.112. The van der Waals surface area contributed by atoms with Gasteiger partial charge in [0.1, 0.15) is 0 Å². The van der Waals surface area contributed by atoms with Crippen molar-refractivity contribution in [3.05, 3.63) is 22.5 Å². The maximum Gasteiger partial charge on any atom is 0.412 e. The number of hydrogen-bond acceptors (Lipinski definition) is 9. The van der Waals surface area contributed by atoms with Crippen molar-refractivity contribution in [3.63, 3.8) is 0 Å². The van der Waals surface area contributed by atoms with Crippen molar-refractivity contribution in [3.8, 4) is 0 Å². The van der Waals surface area contributed by atoms with E-state index >= 15 is 0 Å². The van der Waals surface area contributed by atoms with Crippen molar-refractivity contribution in [2.45, 2.75) is 65.6 Å². The molecular weight excluding hydrogens is 417 g/mol. The zero-order valence-electron chi connectivity index (χ0n) is 17.9. The van der Waals surface area contributed by atoms with E-state index in [9.17, 15) is 23.6 Å². The van der Waals surface area contributed by atoms with Gasteiger partial charge >= 0.3 is 23.7 Å². The maximum atomic E-state index is 14.6. The van der Waals surface area contributed by atoms with Crippen LogP contribution in [0.15, 0.2) is 11.0 Å². The number of nitrogens with one attached hydrogen (secondary N) is 1. The fourth-order valence-corrected chi connectivity index (χ4v) is 2.88.